The van der Waals surface area contributed by atoms with Crippen LogP contribution in [0.3, 0.4) is 0 Å². The van der Waals surface area contributed by atoms with Crippen LogP contribution in [0.25, 0.3) is 0 Å². The van der Waals surface area contributed by atoms with E-state index in [-0.39, 0.29) is 11.4 Å². The minimum Gasteiger partial charge on any atom is -0.478 e. The summed E-state index contributed by atoms with van der Waals surface area (Å²) in [6.07, 6.45) is -5.00. The molecule has 1 aromatic rings. The van der Waals surface area contributed by atoms with Crippen molar-refractivity contribution < 1.29 is 32.6 Å². The molecule has 1 aromatic heterocycles. The van der Waals surface area contributed by atoms with Gasteiger partial charge in [0, 0.05) is 6.20 Å². The van der Waals surface area contributed by atoms with Crippen LogP contribution in [0.1, 0.15) is 10.4 Å². The minimum absolute atomic E-state index is 0.118. The first kappa shape index (κ1) is 13.7. The molecule has 0 aliphatic rings. The van der Waals surface area contributed by atoms with Crippen molar-refractivity contribution in [1.82, 2.24) is 4.98 Å². The summed E-state index contributed by atoms with van der Waals surface area (Å²) in [4.78, 5) is 24.9. The van der Waals surface area contributed by atoms with Crippen LogP contribution in [-0.2, 0) is 4.74 Å². The Morgan fingerprint density at radius 1 is 1.39 bits per heavy atom. The smallest absolute Gasteiger partial charge is 0.422 e. The highest BCUT2D eigenvalue weighted by Gasteiger charge is 2.29. The first-order valence-electron chi connectivity index (χ1n) is 4.48. The van der Waals surface area contributed by atoms with Crippen molar-refractivity contribution in [3.05, 3.63) is 23.9 Å². The Balaban J connectivity index is 2.52. The zero-order valence-electron chi connectivity index (χ0n) is 8.69. The van der Waals surface area contributed by atoms with Crippen LogP contribution >= 0.6 is 0 Å². The van der Waals surface area contributed by atoms with Gasteiger partial charge in [-0.15, -0.1) is 0 Å². The second-order valence-electron chi connectivity index (χ2n) is 3.05. The van der Waals surface area contributed by atoms with Crippen LogP contribution in [0, 0.1) is 0 Å². The number of aromatic nitrogens is 1. The number of carbonyl (C=O) groups excluding carboxylic acids is 1. The molecule has 98 valence electrons. The molecular formula is C9H7F3N2O4. The van der Waals surface area contributed by atoms with Crippen molar-refractivity contribution in [2.24, 2.45) is 0 Å². The summed E-state index contributed by atoms with van der Waals surface area (Å²) < 4.78 is 39.0. The Bertz CT molecular complexity index is 444. The molecule has 0 saturated heterocycles. The van der Waals surface area contributed by atoms with Gasteiger partial charge >= 0.3 is 18.2 Å². The van der Waals surface area contributed by atoms with E-state index in [1.807, 2.05) is 5.32 Å². The summed E-state index contributed by atoms with van der Waals surface area (Å²) in [6.45, 7) is -1.72. The van der Waals surface area contributed by atoms with Crippen LogP contribution in [0.5, 0.6) is 0 Å². The number of carboxylic acid groups (broad SMARTS) is 1. The number of hydrogen-bond donors (Lipinski definition) is 2. The first-order chi connectivity index (χ1) is 8.28. The molecule has 0 atom stereocenters. The number of halogens is 3. The molecule has 0 unspecified atom stereocenters. The molecule has 0 aromatic carbocycles. The summed E-state index contributed by atoms with van der Waals surface area (Å²) >= 11 is 0. The summed E-state index contributed by atoms with van der Waals surface area (Å²) in [7, 11) is 0. The fourth-order valence-corrected chi connectivity index (χ4v) is 0.882. The van der Waals surface area contributed by atoms with E-state index in [4.69, 9.17) is 5.11 Å². The highest BCUT2D eigenvalue weighted by Crippen LogP contribution is 2.15. The molecule has 0 aliphatic heterocycles. The number of anilines is 1. The lowest BCUT2D eigenvalue weighted by molar-refractivity contribution is -0.159. The number of carbonyl (C=O) groups is 2. The molecule has 1 rings (SSSR count). The predicted octanol–water partition coefficient (Wildman–Crippen LogP) is 1.89. The number of pyridine rings is 1. The quantitative estimate of drug-likeness (QED) is 0.870. The van der Waals surface area contributed by atoms with Gasteiger partial charge in [0.05, 0.1) is 5.56 Å². The van der Waals surface area contributed by atoms with Crippen LogP contribution in [0.15, 0.2) is 18.3 Å². The van der Waals surface area contributed by atoms with Gasteiger partial charge in [0.1, 0.15) is 5.82 Å². The average molecular weight is 264 g/mol. The largest absolute Gasteiger partial charge is 0.478 e. The molecule has 0 saturated carbocycles. The molecule has 1 heterocycles. The van der Waals surface area contributed by atoms with E-state index in [0.717, 1.165) is 18.3 Å². The summed E-state index contributed by atoms with van der Waals surface area (Å²) in [5.74, 6) is -1.33. The van der Waals surface area contributed by atoms with Crippen molar-refractivity contribution >= 4 is 17.9 Å². The van der Waals surface area contributed by atoms with Crippen LogP contribution in [0.2, 0.25) is 0 Å². The molecule has 0 fully saturated rings. The number of hydrogen-bond acceptors (Lipinski definition) is 4. The second-order valence-corrected chi connectivity index (χ2v) is 3.05. The van der Waals surface area contributed by atoms with Crippen molar-refractivity contribution in [1.29, 1.82) is 0 Å². The van der Waals surface area contributed by atoms with Crippen LogP contribution in [0.4, 0.5) is 23.8 Å². The number of ether oxygens (including phenoxy) is 1. The number of nitrogens with one attached hydrogen (secondary N) is 1. The third kappa shape index (κ3) is 4.68. The Labute approximate surface area is 98.4 Å². The first-order valence-corrected chi connectivity index (χ1v) is 4.48. The van der Waals surface area contributed by atoms with Gasteiger partial charge in [0.2, 0.25) is 0 Å². The van der Waals surface area contributed by atoms with E-state index in [1.54, 1.807) is 0 Å². The van der Waals surface area contributed by atoms with Crippen LogP contribution < -0.4 is 5.32 Å². The van der Waals surface area contributed by atoms with Gasteiger partial charge in [-0.05, 0) is 12.1 Å². The van der Waals surface area contributed by atoms with Gasteiger partial charge in [-0.2, -0.15) is 13.2 Å². The van der Waals surface area contributed by atoms with E-state index in [2.05, 4.69) is 9.72 Å². The Morgan fingerprint density at radius 2 is 2.06 bits per heavy atom. The maximum Gasteiger partial charge on any atom is 0.422 e. The van der Waals surface area contributed by atoms with Gasteiger partial charge in [0.25, 0.3) is 0 Å². The number of nitrogens with zero attached hydrogens (tertiary/aromatic N) is 1. The van der Waals surface area contributed by atoms with Gasteiger partial charge in [-0.25, -0.2) is 14.6 Å². The van der Waals surface area contributed by atoms with Crippen molar-refractivity contribution in [2.75, 3.05) is 11.9 Å². The van der Waals surface area contributed by atoms with E-state index in [0.29, 0.717) is 0 Å². The zero-order valence-corrected chi connectivity index (χ0v) is 8.69. The maximum absolute atomic E-state index is 11.7. The number of alkyl halides is 3. The molecule has 2 N–H and O–H groups in total. The zero-order chi connectivity index (χ0) is 13.8. The SMILES string of the molecule is O=C(Nc1ccc(C(=O)O)cn1)OCC(F)(F)F. The number of aromatic carboxylic acids is 1. The van der Waals surface area contributed by atoms with Gasteiger partial charge in [-0.3, -0.25) is 5.32 Å². The van der Waals surface area contributed by atoms with E-state index in [9.17, 15) is 22.8 Å². The van der Waals surface area contributed by atoms with E-state index >= 15 is 0 Å². The summed E-state index contributed by atoms with van der Waals surface area (Å²) in [5.41, 5.74) is -0.121. The van der Waals surface area contributed by atoms with Gasteiger partial charge in [0.15, 0.2) is 6.61 Å². The van der Waals surface area contributed by atoms with Crippen LogP contribution in [-0.4, -0.2) is 34.9 Å². The molecule has 18 heavy (non-hydrogen) atoms. The maximum atomic E-state index is 11.7. The molecule has 0 radical (unpaired) electrons. The lowest BCUT2D eigenvalue weighted by Gasteiger charge is -2.08. The predicted molar refractivity (Wildman–Crippen MR) is 52.2 cm³/mol. The van der Waals surface area contributed by atoms with E-state index < -0.39 is 24.8 Å². The molecular weight excluding hydrogens is 257 g/mol. The fourth-order valence-electron chi connectivity index (χ4n) is 0.882. The molecule has 1 amide bonds. The lowest BCUT2D eigenvalue weighted by Crippen LogP contribution is -2.23. The summed E-state index contributed by atoms with van der Waals surface area (Å²) in [6, 6.07) is 2.26. The van der Waals surface area contributed by atoms with Gasteiger partial charge < -0.3 is 9.84 Å². The molecule has 0 aliphatic carbocycles. The van der Waals surface area contributed by atoms with E-state index in [1.165, 1.54) is 0 Å². The lowest BCUT2D eigenvalue weighted by atomic mass is 10.3. The van der Waals surface area contributed by atoms with Crippen molar-refractivity contribution in [3.8, 4) is 0 Å². The topological polar surface area (TPSA) is 88.5 Å². The molecule has 0 spiro atoms. The number of carboxylic acids is 1. The Kier molecular flexibility index (Phi) is 4.08. The third-order valence-corrected chi connectivity index (χ3v) is 1.61. The number of amides is 1. The average Bonchev–Trinajstić information content (AvgIpc) is 2.26. The third-order valence-electron chi connectivity index (χ3n) is 1.61. The fraction of sp³-hybridized carbons (Fsp3) is 0.222. The van der Waals surface area contributed by atoms with Crippen molar-refractivity contribution in [3.63, 3.8) is 0 Å². The standard InChI is InChI=1S/C9H7F3N2O4/c10-9(11,12)4-18-8(17)14-6-2-1-5(3-13-6)7(15)16/h1-3H,4H2,(H,15,16)(H,13,14,17). The molecule has 9 heteroatoms. The molecule has 6 nitrogen and oxygen atoms in total. The number of rotatable bonds is 3. The highest BCUT2D eigenvalue weighted by atomic mass is 19.4. The Hall–Kier alpha value is -2.32. The summed E-state index contributed by atoms with van der Waals surface area (Å²) in [5, 5.41) is 10.5. The monoisotopic (exact) mass is 264 g/mol. The molecule has 0 bridgehead atoms. The normalized spacial score (nSPS) is 10.8. The second kappa shape index (κ2) is 5.34. The van der Waals surface area contributed by atoms with Gasteiger partial charge in [-0.1, -0.05) is 0 Å². The Morgan fingerprint density at radius 3 is 2.50 bits per heavy atom. The van der Waals surface area contributed by atoms with Crippen molar-refractivity contribution in [2.45, 2.75) is 6.18 Å². The minimum atomic E-state index is -4.61. The highest BCUT2D eigenvalue weighted by molar-refractivity contribution is 5.88.